The lowest BCUT2D eigenvalue weighted by molar-refractivity contribution is -0.132. The molecule has 0 aromatic heterocycles. The van der Waals surface area contributed by atoms with Crippen LogP contribution in [0, 0.1) is 0 Å². The molecule has 0 aliphatic rings. The molecular weight excluding hydrogens is 368 g/mol. The van der Waals surface area contributed by atoms with Crippen molar-refractivity contribution in [2.75, 3.05) is 14.2 Å². The van der Waals surface area contributed by atoms with Crippen molar-refractivity contribution < 1.29 is 39.5 Å². The molecule has 28 heavy (non-hydrogen) atoms. The minimum Gasteiger partial charge on any atom is -0.504 e. The number of methoxy groups -OCH3 is 2. The first-order valence-electron chi connectivity index (χ1n) is 7.91. The number of benzene rings is 2. The molecule has 0 amide bonds. The van der Waals surface area contributed by atoms with Gasteiger partial charge in [-0.3, -0.25) is 0 Å². The molecular formula is C20H18O8. The summed E-state index contributed by atoms with van der Waals surface area (Å²) in [6.07, 6.45) is 3.06. The van der Waals surface area contributed by atoms with E-state index >= 15 is 0 Å². The molecule has 2 aromatic carbocycles. The molecule has 0 bridgehead atoms. The van der Waals surface area contributed by atoms with Gasteiger partial charge in [-0.15, -0.1) is 0 Å². The van der Waals surface area contributed by atoms with E-state index < -0.39 is 11.9 Å². The van der Waals surface area contributed by atoms with Gasteiger partial charge in [0, 0.05) is 23.3 Å². The molecule has 0 heterocycles. The zero-order chi connectivity index (χ0) is 20.8. The van der Waals surface area contributed by atoms with Crippen molar-refractivity contribution in [1.29, 1.82) is 0 Å². The molecule has 0 saturated carbocycles. The van der Waals surface area contributed by atoms with Gasteiger partial charge in [-0.25, -0.2) is 9.59 Å². The van der Waals surface area contributed by atoms with Gasteiger partial charge in [0.25, 0.3) is 0 Å². The molecule has 0 aliphatic carbocycles. The van der Waals surface area contributed by atoms with Crippen molar-refractivity contribution in [3.05, 3.63) is 59.2 Å². The maximum atomic E-state index is 11.4. The molecule has 0 fully saturated rings. The summed E-state index contributed by atoms with van der Waals surface area (Å²) < 4.78 is 10.2. The summed E-state index contributed by atoms with van der Waals surface area (Å²) in [5.41, 5.74) is 0.912. The van der Waals surface area contributed by atoms with Crippen molar-refractivity contribution >= 4 is 23.6 Å². The number of hydrogen-bond donors (Lipinski definition) is 4. The number of hydrogen-bond acceptors (Lipinski definition) is 6. The Balaban J connectivity index is 2.75. The molecule has 2 aromatic rings. The number of aliphatic carboxylic acids is 2. The number of carbonyl (C=O) groups is 2. The van der Waals surface area contributed by atoms with E-state index in [9.17, 15) is 24.9 Å². The molecule has 2 rings (SSSR count). The fourth-order valence-electron chi connectivity index (χ4n) is 2.54. The number of phenols is 2. The number of rotatable bonds is 7. The molecule has 0 spiro atoms. The summed E-state index contributed by atoms with van der Waals surface area (Å²) >= 11 is 0. The zero-order valence-electron chi connectivity index (χ0n) is 15.0. The van der Waals surface area contributed by atoms with E-state index in [0.717, 1.165) is 12.2 Å². The molecule has 0 atom stereocenters. The lowest BCUT2D eigenvalue weighted by Crippen LogP contribution is -1.98. The Bertz CT molecular complexity index is 972. The van der Waals surface area contributed by atoms with E-state index in [4.69, 9.17) is 14.6 Å². The molecule has 0 unspecified atom stereocenters. The highest BCUT2D eigenvalue weighted by Crippen LogP contribution is 2.40. The number of carboxylic acid groups (broad SMARTS) is 2. The van der Waals surface area contributed by atoms with Gasteiger partial charge in [-0.1, -0.05) is 6.07 Å². The van der Waals surface area contributed by atoms with Gasteiger partial charge >= 0.3 is 11.9 Å². The molecule has 8 nitrogen and oxygen atoms in total. The second-order valence-electron chi connectivity index (χ2n) is 5.57. The summed E-state index contributed by atoms with van der Waals surface area (Å²) in [6.45, 7) is 0. The van der Waals surface area contributed by atoms with Gasteiger partial charge in [0.15, 0.2) is 23.0 Å². The Morgan fingerprint density at radius 3 is 2.18 bits per heavy atom. The van der Waals surface area contributed by atoms with Crippen LogP contribution in [0.4, 0.5) is 0 Å². The highest BCUT2D eigenvalue weighted by molar-refractivity contribution is 5.97. The van der Waals surface area contributed by atoms with Crippen LogP contribution in [0.5, 0.6) is 23.0 Å². The zero-order valence-corrected chi connectivity index (χ0v) is 15.0. The Morgan fingerprint density at radius 2 is 1.61 bits per heavy atom. The van der Waals surface area contributed by atoms with Gasteiger partial charge in [-0.2, -0.15) is 0 Å². The molecule has 146 valence electrons. The molecule has 4 N–H and O–H groups in total. The van der Waals surface area contributed by atoms with Crippen molar-refractivity contribution in [1.82, 2.24) is 0 Å². The lowest BCUT2D eigenvalue weighted by Gasteiger charge is -2.15. The summed E-state index contributed by atoms with van der Waals surface area (Å²) in [4.78, 5) is 22.2. The second-order valence-corrected chi connectivity index (χ2v) is 5.57. The Hall–Kier alpha value is -3.94. The van der Waals surface area contributed by atoms with Crippen LogP contribution in [0.1, 0.15) is 16.7 Å². The summed E-state index contributed by atoms with van der Waals surface area (Å²) in [5, 5.41) is 38.4. The van der Waals surface area contributed by atoms with Crippen LogP contribution < -0.4 is 9.47 Å². The first-order valence-corrected chi connectivity index (χ1v) is 7.91. The summed E-state index contributed by atoms with van der Waals surface area (Å²) in [6, 6.07) is 7.03. The van der Waals surface area contributed by atoms with Crippen LogP contribution in [0.2, 0.25) is 0 Å². The van der Waals surface area contributed by atoms with Gasteiger partial charge in [-0.05, 0) is 41.5 Å². The Kier molecular flexibility index (Phi) is 6.28. The van der Waals surface area contributed by atoms with Crippen LogP contribution >= 0.6 is 0 Å². The standard InChI is InChI=1S/C20H18O8/c1-27-16-9-12(4-5-15(16)21)13(10-19(24)25)14-7-11(3-6-18(22)23)8-17(28-2)20(14)26/h3-10,21,26H,1-2H3,(H,22,23)(H,24,25)/b6-3+,13-10+. The highest BCUT2D eigenvalue weighted by atomic mass is 16.5. The summed E-state index contributed by atoms with van der Waals surface area (Å²) in [7, 11) is 2.66. The first kappa shape index (κ1) is 20.4. The summed E-state index contributed by atoms with van der Waals surface area (Å²) in [5.74, 6) is -2.76. The third-order valence-electron chi connectivity index (χ3n) is 3.78. The predicted molar refractivity (Wildman–Crippen MR) is 101 cm³/mol. The Morgan fingerprint density at radius 1 is 0.929 bits per heavy atom. The monoisotopic (exact) mass is 386 g/mol. The average molecular weight is 386 g/mol. The fourth-order valence-corrected chi connectivity index (χ4v) is 2.54. The van der Waals surface area contributed by atoms with E-state index in [1.807, 2.05) is 0 Å². The Labute approximate surface area is 160 Å². The highest BCUT2D eigenvalue weighted by Gasteiger charge is 2.18. The largest absolute Gasteiger partial charge is 0.504 e. The van der Waals surface area contributed by atoms with Crippen molar-refractivity contribution in [3.8, 4) is 23.0 Å². The minimum atomic E-state index is -1.27. The van der Waals surface area contributed by atoms with Crippen LogP contribution in [0.15, 0.2) is 42.5 Å². The normalized spacial score (nSPS) is 11.4. The van der Waals surface area contributed by atoms with E-state index in [1.165, 1.54) is 50.6 Å². The number of carboxylic acids is 2. The minimum absolute atomic E-state index is 0.0320. The van der Waals surface area contributed by atoms with Gasteiger partial charge in [0.1, 0.15) is 0 Å². The molecule has 0 saturated heterocycles. The SMILES string of the molecule is COc1cc(/C(=C\C(=O)O)c2cc(/C=C/C(=O)O)cc(OC)c2O)ccc1O. The number of aromatic hydroxyl groups is 2. The third-order valence-corrected chi connectivity index (χ3v) is 3.78. The molecule has 8 heteroatoms. The van der Waals surface area contributed by atoms with Crippen LogP contribution in [-0.4, -0.2) is 46.6 Å². The van der Waals surface area contributed by atoms with Gasteiger partial charge in [0.05, 0.1) is 14.2 Å². The topological polar surface area (TPSA) is 134 Å². The van der Waals surface area contributed by atoms with Crippen LogP contribution in [0.25, 0.3) is 11.6 Å². The number of ether oxygens (including phenoxy) is 2. The van der Waals surface area contributed by atoms with Crippen LogP contribution in [0.3, 0.4) is 0 Å². The van der Waals surface area contributed by atoms with E-state index in [-0.39, 0.29) is 34.1 Å². The first-order chi connectivity index (χ1) is 13.3. The third kappa shape index (κ3) is 4.61. The maximum Gasteiger partial charge on any atom is 0.328 e. The van der Waals surface area contributed by atoms with E-state index in [2.05, 4.69) is 0 Å². The number of phenolic OH excluding ortho intramolecular Hbond substituents is 2. The lowest BCUT2D eigenvalue weighted by atomic mass is 9.94. The van der Waals surface area contributed by atoms with Crippen molar-refractivity contribution in [2.45, 2.75) is 0 Å². The second kappa shape index (κ2) is 8.63. The predicted octanol–water partition coefficient (Wildman–Crippen LogP) is 2.73. The van der Waals surface area contributed by atoms with Gasteiger partial charge in [0.2, 0.25) is 0 Å². The van der Waals surface area contributed by atoms with Crippen LogP contribution in [-0.2, 0) is 9.59 Å². The van der Waals surface area contributed by atoms with Crippen molar-refractivity contribution in [2.24, 2.45) is 0 Å². The quantitative estimate of drug-likeness (QED) is 0.534. The van der Waals surface area contributed by atoms with Gasteiger partial charge < -0.3 is 29.9 Å². The maximum absolute atomic E-state index is 11.4. The average Bonchev–Trinajstić information content (AvgIpc) is 2.65. The fraction of sp³-hybridized carbons (Fsp3) is 0.100. The van der Waals surface area contributed by atoms with E-state index in [0.29, 0.717) is 11.1 Å². The van der Waals surface area contributed by atoms with E-state index in [1.54, 1.807) is 0 Å². The molecule has 0 aliphatic heterocycles. The smallest absolute Gasteiger partial charge is 0.328 e. The molecule has 0 radical (unpaired) electrons. The van der Waals surface area contributed by atoms with Crippen molar-refractivity contribution in [3.63, 3.8) is 0 Å².